The van der Waals surface area contributed by atoms with E-state index < -0.39 is 0 Å². The van der Waals surface area contributed by atoms with E-state index >= 15 is 0 Å². The fourth-order valence-corrected chi connectivity index (χ4v) is 3.83. The molecule has 3 rings (SSSR count). The first-order valence-electron chi connectivity index (χ1n) is 7.65. The van der Waals surface area contributed by atoms with Gasteiger partial charge < -0.3 is 9.64 Å². The maximum Gasteiger partial charge on any atom is 0.337 e. The number of nitrogens with zero attached hydrogens (tertiary/aromatic N) is 4. The van der Waals surface area contributed by atoms with Crippen molar-refractivity contribution < 1.29 is 9.53 Å². The van der Waals surface area contributed by atoms with Crippen molar-refractivity contribution in [1.82, 2.24) is 20.3 Å². The molecule has 1 N–H and O–H groups in total. The number of carbonyl (C=O) groups is 1. The largest absolute Gasteiger partial charge is 0.466 e. The third-order valence-electron chi connectivity index (χ3n) is 4.26. The lowest BCUT2D eigenvalue weighted by Gasteiger charge is -2.28. The Morgan fingerprint density at radius 1 is 1.61 bits per heavy atom. The van der Waals surface area contributed by atoms with Gasteiger partial charge in [0.15, 0.2) is 10.8 Å². The van der Waals surface area contributed by atoms with Gasteiger partial charge in [0.25, 0.3) is 0 Å². The molecule has 2 aliphatic rings. The molecule has 23 heavy (non-hydrogen) atoms. The molecule has 8 heteroatoms. The number of fused-ring (bicyclic) bond motifs is 1. The molecule has 1 saturated heterocycles. The maximum atomic E-state index is 12.1. The van der Waals surface area contributed by atoms with E-state index in [4.69, 9.17) is 4.74 Å². The monoisotopic (exact) mass is 335 g/mol. The second-order valence-electron chi connectivity index (χ2n) is 5.37. The first-order chi connectivity index (χ1) is 11.2. The zero-order chi connectivity index (χ0) is 16.4. The van der Waals surface area contributed by atoms with Crippen LogP contribution in [0, 0.1) is 0 Å². The second-order valence-corrected chi connectivity index (χ2v) is 6.27. The van der Waals surface area contributed by atoms with E-state index in [2.05, 4.69) is 32.2 Å². The summed E-state index contributed by atoms with van der Waals surface area (Å²) in [7, 11) is 3.34. The van der Waals surface area contributed by atoms with Gasteiger partial charge in [0, 0.05) is 42.8 Å². The number of hydrogen-bond donors (Lipinski definition) is 1. The van der Waals surface area contributed by atoms with E-state index in [0.29, 0.717) is 12.1 Å². The molecule has 0 radical (unpaired) electrons. The van der Waals surface area contributed by atoms with Gasteiger partial charge in [0.05, 0.1) is 19.2 Å². The van der Waals surface area contributed by atoms with E-state index in [9.17, 15) is 4.79 Å². The van der Waals surface area contributed by atoms with Crippen molar-refractivity contribution in [3.8, 4) is 0 Å². The zero-order valence-corrected chi connectivity index (χ0v) is 14.4. The van der Waals surface area contributed by atoms with Crippen LogP contribution in [0.1, 0.15) is 18.4 Å². The van der Waals surface area contributed by atoms with E-state index in [1.54, 1.807) is 17.5 Å². The normalized spacial score (nSPS) is 20.8. The summed E-state index contributed by atoms with van der Waals surface area (Å²) in [6, 6.07) is 0.280. The van der Waals surface area contributed by atoms with Crippen molar-refractivity contribution in [1.29, 1.82) is 0 Å². The van der Waals surface area contributed by atoms with Crippen LogP contribution in [0.25, 0.3) is 0 Å². The molecule has 1 unspecified atom stereocenters. The summed E-state index contributed by atoms with van der Waals surface area (Å²) in [5.74, 6) is 0.567. The zero-order valence-electron chi connectivity index (χ0n) is 13.6. The van der Waals surface area contributed by atoms with E-state index in [-0.39, 0.29) is 12.0 Å². The van der Waals surface area contributed by atoms with Crippen LogP contribution in [0.5, 0.6) is 0 Å². The lowest BCUT2D eigenvalue weighted by molar-refractivity contribution is -0.136. The minimum absolute atomic E-state index is 0.280. The Balaban J connectivity index is 1.95. The van der Waals surface area contributed by atoms with Gasteiger partial charge in [-0.3, -0.25) is 10.4 Å². The number of nitrogens with one attached hydrogen (secondary N) is 1. The predicted octanol–water partition coefficient (Wildman–Crippen LogP) is 0.861. The van der Waals surface area contributed by atoms with Gasteiger partial charge in [0.2, 0.25) is 0 Å². The van der Waals surface area contributed by atoms with Crippen LogP contribution in [-0.4, -0.2) is 66.5 Å². The number of methoxy groups -OCH3 is 1. The highest BCUT2D eigenvalue weighted by Crippen LogP contribution is 2.33. The van der Waals surface area contributed by atoms with Gasteiger partial charge >= 0.3 is 5.97 Å². The number of likely N-dealkylation sites (N-methyl/N-ethyl adjacent to an activating group) is 1. The Bertz CT molecular complexity index is 636. The van der Waals surface area contributed by atoms with Crippen molar-refractivity contribution in [2.45, 2.75) is 19.4 Å². The average Bonchev–Trinajstić information content (AvgIpc) is 3.24. The SMILES string of the molecule is CCN(NC)C1CC2=C(C(=O)OC)CN=C(c3nccs3)N2C1. The lowest BCUT2D eigenvalue weighted by Crippen LogP contribution is -2.45. The summed E-state index contributed by atoms with van der Waals surface area (Å²) in [6.07, 6.45) is 2.57. The van der Waals surface area contributed by atoms with Crippen molar-refractivity contribution in [3.63, 3.8) is 0 Å². The number of rotatable bonds is 5. The number of aromatic nitrogens is 1. The van der Waals surface area contributed by atoms with Crippen LogP contribution in [0.3, 0.4) is 0 Å². The van der Waals surface area contributed by atoms with E-state index in [0.717, 1.165) is 36.1 Å². The van der Waals surface area contributed by atoms with Crippen molar-refractivity contribution in [2.24, 2.45) is 4.99 Å². The van der Waals surface area contributed by atoms with Crippen LogP contribution in [-0.2, 0) is 9.53 Å². The highest BCUT2D eigenvalue weighted by atomic mass is 32.1. The summed E-state index contributed by atoms with van der Waals surface area (Å²) in [5.41, 5.74) is 4.89. The molecule has 0 spiro atoms. The van der Waals surface area contributed by atoms with Gasteiger partial charge in [0.1, 0.15) is 0 Å². The minimum Gasteiger partial charge on any atom is -0.466 e. The third kappa shape index (κ3) is 2.89. The summed E-state index contributed by atoms with van der Waals surface area (Å²) in [6.45, 7) is 4.13. The number of hydrazine groups is 1. The molecule has 0 bridgehead atoms. The Hall–Kier alpha value is -1.77. The smallest absolute Gasteiger partial charge is 0.337 e. The molecule has 1 aromatic rings. The van der Waals surface area contributed by atoms with E-state index in [1.807, 2.05) is 12.4 Å². The highest BCUT2D eigenvalue weighted by molar-refractivity contribution is 7.11. The molecule has 2 aliphatic heterocycles. The standard InChI is InChI=1S/C15H21N5O2S/c1-4-20(16-2)10-7-12-11(15(21)22-3)8-18-13(19(12)9-10)14-17-5-6-23-14/h5-6,10,16H,4,7-9H2,1-3H3. The maximum absolute atomic E-state index is 12.1. The number of esters is 1. The number of amidine groups is 1. The van der Waals surface area contributed by atoms with Crippen LogP contribution in [0.15, 0.2) is 27.8 Å². The summed E-state index contributed by atoms with van der Waals surface area (Å²) in [4.78, 5) is 23.2. The van der Waals surface area contributed by atoms with Crippen molar-refractivity contribution in [3.05, 3.63) is 27.9 Å². The first-order valence-corrected chi connectivity index (χ1v) is 8.53. The minimum atomic E-state index is -0.292. The molecule has 0 amide bonds. The molecular weight excluding hydrogens is 314 g/mol. The number of ether oxygens (including phenoxy) is 1. The van der Waals surface area contributed by atoms with Gasteiger partial charge in [-0.1, -0.05) is 6.92 Å². The second kappa shape index (κ2) is 6.77. The first kappa shape index (κ1) is 16.1. The van der Waals surface area contributed by atoms with Gasteiger partial charge in [-0.2, -0.15) is 0 Å². The molecule has 7 nitrogen and oxygen atoms in total. The van der Waals surface area contributed by atoms with Gasteiger partial charge in [-0.05, 0) is 7.05 Å². The molecule has 0 aromatic carbocycles. The fraction of sp³-hybridized carbons (Fsp3) is 0.533. The predicted molar refractivity (Wildman–Crippen MR) is 89.1 cm³/mol. The Morgan fingerprint density at radius 2 is 2.43 bits per heavy atom. The lowest BCUT2D eigenvalue weighted by atomic mass is 10.1. The van der Waals surface area contributed by atoms with Crippen molar-refractivity contribution >= 4 is 23.1 Å². The quantitative estimate of drug-likeness (QED) is 0.636. The van der Waals surface area contributed by atoms with Gasteiger partial charge in [-0.15, -0.1) is 11.3 Å². The van der Waals surface area contributed by atoms with Crippen LogP contribution in [0.2, 0.25) is 0 Å². The van der Waals surface area contributed by atoms with Crippen LogP contribution < -0.4 is 5.43 Å². The van der Waals surface area contributed by atoms with E-state index in [1.165, 1.54) is 7.11 Å². The Morgan fingerprint density at radius 3 is 3.04 bits per heavy atom. The number of aliphatic imine (C=N–C) groups is 1. The Kier molecular flexibility index (Phi) is 4.74. The molecule has 0 aliphatic carbocycles. The van der Waals surface area contributed by atoms with Crippen LogP contribution >= 0.6 is 11.3 Å². The molecule has 1 aromatic heterocycles. The summed E-state index contributed by atoms with van der Waals surface area (Å²) >= 11 is 1.56. The molecular formula is C15H21N5O2S. The third-order valence-corrected chi connectivity index (χ3v) is 5.03. The molecule has 1 atom stereocenters. The molecule has 1 fully saturated rings. The summed E-state index contributed by atoms with van der Waals surface area (Å²) < 4.78 is 4.94. The highest BCUT2D eigenvalue weighted by Gasteiger charge is 2.39. The average molecular weight is 335 g/mol. The number of carbonyl (C=O) groups excluding carboxylic acids is 1. The topological polar surface area (TPSA) is 70.1 Å². The number of hydrogen-bond acceptors (Lipinski definition) is 8. The summed E-state index contributed by atoms with van der Waals surface area (Å²) in [5, 5.41) is 5.01. The molecule has 0 saturated carbocycles. The van der Waals surface area contributed by atoms with Crippen LogP contribution in [0.4, 0.5) is 0 Å². The fourth-order valence-electron chi connectivity index (χ4n) is 3.18. The molecule has 124 valence electrons. The Labute approximate surface area is 139 Å². The molecule has 3 heterocycles. The number of thiazole rings is 1. The van der Waals surface area contributed by atoms with Crippen molar-refractivity contribution in [2.75, 3.05) is 33.8 Å². The van der Waals surface area contributed by atoms with Gasteiger partial charge in [-0.25, -0.2) is 14.8 Å².